The summed E-state index contributed by atoms with van der Waals surface area (Å²) < 4.78 is 5.29. The Morgan fingerprint density at radius 1 is 1.04 bits per heavy atom. The minimum Gasteiger partial charge on any atom is -0.449 e. The average molecular weight is 339 g/mol. The van der Waals surface area contributed by atoms with Crippen molar-refractivity contribution < 1.29 is 14.3 Å². The van der Waals surface area contributed by atoms with Gasteiger partial charge in [0.2, 0.25) is 0 Å². The smallest absolute Gasteiger partial charge is 0.338 e. The average Bonchev–Trinajstić information content (AvgIpc) is 2.61. The molecule has 0 heterocycles. The van der Waals surface area contributed by atoms with E-state index in [4.69, 9.17) is 4.74 Å². The van der Waals surface area contributed by atoms with E-state index in [0.29, 0.717) is 11.5 Å². The predicted octanol–water partition coefficient (Wildman–Crippen LogP) is 4.69. The molecule has 0 unspecified atom stereocenters. The van der Waals surface area contributed by atoms with Crippen LogP contribution in [0.25, 0.3) is 0 Å². The van der Waals surface area contributed by atoms with E-state index in [2.05, 4.69) is 19.2 Å². The predicted molar refractivity (Wildman–Crippen MR) is 99.8 cm³/mol. The second-order valence-corrected chi connectivity index (χ2v) is 6.30. The molecular weight excluding hydrogens is 314 g/mol. The molecule has 132 valence electrons. The van der Waals surface area contributed by atoms with Crippen LogP contribution in [0.3, 0.4) is 0 Å². The van der Waals surface area contributed by atoms with Crippen molar-refractivity contribution in [1.82, 2.24) is 0 Å². The summed E-state index contributed by atoms with van der Waals surface area (Å²) in [6.45, 7) is 7.74. The van der Waals surface area contributed by atoms with Crippen LogP contribution in [0.1, 0.15) is 54.6 Å². The third-order valence-electron chi connectivity index (χ3n) is 4.30. The number of hydrogen-bond acceptors (Lipinski definition) is 3. The molecule has 0 bridgehead atoms. The van der Waals surface area contributed by atoms with Gasteiger partial charge >= 0.3 is 5.97 Å². The summed E-state index contributed by atoms with van der Waals surface area (Å²) >= 11 is 0. The van der Waals surface area contributed by atoms with Crippen molar-refractivity contribution in [2.45, 2.75) is 46.1 Å². The fourth-order valence-corrected chi connectivity index (χ4v) is 2.47. The molecule has 2 aromatic carbocycles. The van der Waals surface area contributed by atoms with Crippen molar-refractivity contribution in [3.05, 3.63) is 65.2 Å². The SMILES string of the molecule is CC[C@H](C)c1ccccc1NC(=O)[C@H](C)OC(=O)c1ccc(C)cc1. The normalized spacial score (nSPS) is 13.0. The number of benzene rings is 2. The Balaban J connectivity index is 2.03. The second kappa shape index (κ2) is 8.47. The molecule has 2 atom stereocenters. The molecular formula is C21H25NO3. The number of hydrogen-bond donors (Lipinski definition) is 1. The van der Waals surface area contributed by atoms with Crippen LogP contribution in [0.4, 0.5) is 5.69 Å². The summed E-state index contributed by atoms with van der Waals surface area (Å²) in [5.41, 5.74) is 3.34. The number of esters is 1. The van der Waals surface area contributed by atoms with Gasteiger partial charge in [-0.3, -0.25) is 4.79 Å². The van der Waals surface area contributed by atoms with Crippen LogP contribution in [0.2, 0.25) is 0 Å². The Bertz CT molecular complexity index is 737. The van der Waals surface area contributed by atoms with Gasteiger partial charge in [0.05, 0.1) is 5.56 Å². The summed E-state index contributed by atoms with van der Waals surface area (Å²) in [5.74, 6) is -0.504. The van der Waals surface area contributed by atoms with Gasteiger partial charge in [-0.2, -0.15) is 0 Å². The van der Waals surface area contributed by atoms with Crippen molar-refractivity contribution in [3.8, 4) is 0 Å². The van der Waals surface area contributed by atoms with Gasteiger partial charge in [0.25, 0.3) is 5.91 Å². The van der Waals surface area contributed by atoms with Gasteiger partial charge in [-0.05, 0) is 49.9 Å². The highest BCUT2D eigenvalue weighted by Gasteiger charge is 2.20. The molecule has 0 spiro atoms. The largest absolute Gasteiger partial charge is 0.449 e. The maximum Gasteiger partial charge on any atom is 0.338 e. The van der Waals surface area contributed by atoms with Crippen LogP contribution in [0.5, 0.6) is 0 Å². The summed E-state index contributed by atoms with van der Waals surface area (Å²) in [6.07, 6.45) is 0.101. The van der Waals surface area contributed by atoms with Crippen LogP contribution < -0.4 is 5.32 Å². The fourth-order valence-electron chi connectivity index (χ4n) is 2.47. The standard InChI is InChI=1S/C21H25NO3/c1-5-15(3)18-8-6-7-9-19(18)22-20(23)16(4)25-21(24)17-12-10-14(2)11-13-17/h6-13,15-16H,5H2,1-4H3,(H,22,23)/t15-,16-/m0/s1. The van der Waals surface area contributed by atoms with Crippen molar-refractivity contribution in [2.75, 3.05) is 5.32 Å². The number of ether oxygens (including phenoxy) is 1. The Hall–Kier alpha value is -2.62. The van der Waals surface area contributed by atoms with Crippen LogP contribution >= 0.6 is 0 Å². The zero-order valence-corrected chi connectivity index (χ0v) is 15.2. The fraction of sp³-hybridized carbons (Fsp3) is 0.333. The van der Waals surface area contributed by atoms with E-state index in [0.717, 1.165) is 23.2 Å². The number of anilines is 1. The van der Waals surface area contributed by atoms with Crippen molar-refractivity contribution in [1.29, 1.82) is 0 Å². The van der Waals surface area contributed by atoms with Gasteiger partial charge in [-0.25, -0.2) is 4.79 Å². The number of nitrogens with one attached hydrogen (secondary N) is 1. The molecule has 25 heavy (non-hydrogen) atoms. The van der Waals surface area contributed by atoms with Crippen molar-refractivity contribution in [3.63, 3.8) is 0 Å². The van der Waals surface area contributed by atoms with Gasteiger partial charge in [0.15, 0.2) is 6.10 Å². The summed E-state index contributed by atoms with van der Waals surface area (Å²) in [7, 11) is 0. The Morgan fingerprint density at radius 2 is 1.68 bits per heavy atom. The molecule has 2 aromatic rings. The molecule has 2 rings (SSSR count). The molecule has 0 fully saturated rings. The Morgan fingerprint density at radius 3 is 2.32 bits per heavy atom. The van der Waals surface area contributed by atoms with E-state index in [9.17, 15) is 9.59 Å². The Labute approximate surface area is 149 Å². The van der Waals surface area contributed by atoms with Crippen LogP contribution in [-0.2, 0) is 9.53 Å². The lowest BCUT2D eigenvalue weighted by atomic mass is 9.97. The topological polar surface area (TPSA) is 55.4 Å². The van der Waals surface area contributed by atoms with Gasteiger partial charge in [-0.1, -0.05) is 49.7 Å². The van der Waals surface area contributed by atoms with Gasteiger partial charge < -0.3 is 10.1 Å². The number of aryl methyl sites for hydroxylation is 1. The number of para-hydroxylation sites is 1. The van der Waals surface area contributed by atoms with E-state index < -0.39 is 12.1 Å². The lowest BCUT2D eigenvalue weighted by molar-refractivity contribution is -0.123. The first-order valence-corrected chi connectivity index (χ1v) is 8.59. The van der Waals surface area contributed by atoms with Gasteiger partial charge in [0, 0.05) is 5.69 Å². The number of rotatable bonds is 6. The molecule has 0 aliphatic carbocycles. The highest BCUT2D eigenvalue weighted by molar-refractivity contribution is 5.97. The monoisotopic (exact) mass is 339 g/mol. The minimum absolute atomic E-state index is 0.335. The molecule has 1 N–H and O–H groups in total. The first-order valence-electron chi connectivity index (χ1n) is 8.59. The van der Waals surface area contributed by atoms with Crippen molar-refractivity contribution in [2.24, 2.45) is 0 Å². The zero-order valence-electron chi connectivity index (χ0n) is 15.2. The number of carbonyl (C=O) groups excluding carboxylic acids is 2. The molecule has 0 aromatic heterocycles. The molecule has 0 saturated carbocycles. The summed E-state index contributed by atoms with van der Waals surface area (Å²) in [4.78, 5) is 24.6. The maximum absolute atomic E-state index is 12.4. The van der Waals surface area contributed by atoms with Crippen LogP contribution in [0, 0.1) is 6.92 Å². The van der Waals surface area contributed by atoms with E-state index in [1.807, 2.05) is 43.3 Å². The molecule has 4 nitrogen and oxygen atoms in total. The first kappa shape index (κ1) is 18.7. The summed E-state index contributed by atoms with van der Waals surface area (Å²) in [6, 6.07) is 14.8. The lowest BCUT2D eigenvalue weighted by Crippen LogP contribution is -2.30. The molecule has 0 aliphatic heterocycles. The van der Waals surface area contributed by atoms with E-state index in [-0.39, 0.29) is 5.91 Å². The third-order valence-corrected chi connectivity index (χ3v) is 4.30. The number of amides is 1. The second-order valence-electron chi connectivity index (χ2n) is 6.30. The number of carbonyl (C=O) groups is 2. The van der Waals surface area contributed by atoms with Crippen LogP contribution in [0.15, 0.2) is 48.5 Å². The van der Waals surface area contributed by atoms with E-state index in [1.54, 1.807) is 19.1 Å². The lowest BCUT2D eigenvalue weighted by Gasteiger charge is -2.18. The Kier molecular flexibility index (Phi) is 6.34. The zero-order chi connectivity index (χ0) is 18.4. The molecule has 1 amide bonds. The molecule has 4 heteroatoms. The third kappa shape index (κ3) is 4.92. The van der Waals surface area contributed by atoms with Crippen LogP contribution in [-0.4, -0.2) is 18.0 Å². The molecule has 0 radical (unpaired) electrons. The van der Waals surface area contributed by atoms with Gasteiger partial charge in [0.1, 0.15) is 0 Å². The quantitative estimate of drug-likeness (QED) is 0.777. The molecule has 0 aliphatic rings. The highest BCUT2D eigenvalue weighted by atomic mass is 16.5. The van der Waals surface area contributed by atoms with Gasteiger partial charge in [-0.15, -0.1) is 0 Å². The highest BCUT2D eigenvalue weighted by Crippen LogP contribution is 2.26. The molecule has 0 saturated heterocycles. The maximum atomic E-state index is 12.4. The first-order chi connectivity index (χ1) is 11.9. The summed E-state index contributed by atoms with van der Waals surface area (Å²) in [5, 5.41) is 2.88. The van der Waals surface area contributed by atoms with E-state index in [1.165, 1.54) is 0 Å². The van der Waals surface area contributed by atoms with Crippen molar-refractivity contribution >= 4 is 17.6 Å². The minimum atomic E-state index is -0.876. The van der Waals surface area contributed by atoms with E-state index >= 15 is 0 Å².